The fourth-order valence-corrected chi connectivity index (χ4v) is 3.07. The Morgan fingerprint density at radius 1 is 1.16 bits per heavy atom. The molecule has 1 aliphatic rings. The van der Waals surface area contributed by atoms with E-state index in [1.54, 1.807) is 6.33 Å². The Kier molecular flexibility index (Phi) is 3.80. The van der Waals surface area contributed by atoms with Crippen LogP contribution in [-0.4, -0.2) is 28.7 Å². The van der Waals surface area contributed by atoms with Crippen molar-refractivity contribution < 1.29 is 14.3 Å². The van der Waals surface area contributed by atoms with Crippen molar-refractivity contribution >= 4 is 22.6 Å². The first-order chi connectivity index (χ1) is 12.1. The number of carbonyl (C=O) groups is 1. The van der Waals surface area contributed by atoms with Gasteiger partial charge in [0.2, 0.25) is 5.91 Å². The van der Waals surface area contributed by atoms with Crippen molar-refractivity contribution in [3.63, 3.8) is 0 Å². The molecule has 4 rings (SSSR count). The van der Waals surface area contributed by atoms with Crippen molar-refractivity contribution in [3.8, 4) is 11.5 Å². The smallest absolute Gasteiger partial charge is 0.244 e. The van der Waals surface area contributed by atoms with Crippen LogP contribution in [-0.2, 0) is 11.3 Å². The Bertz CT molecular complexity index is 942. The van der Waals surface area contributed by atoms with Crippen molar-refractivity contribution in [2.45, 2.75) is 20.4 Å². The van der Waals surface area contributed by atoms with E-state index in [1.165, 1.54) is 0 Å². The minimum Gasteiger partial charge on any atom is -0.486 e. The van der Waals surface area contributed by atoms with Gasteiger partial charge in [0, 0.05) is 17.8 Å². The van der Waals surface area contributed by atoms with Gasteiger partial charge in [-0.2, -0.15) is 0 Å². The van der Waals surface area contributed by atoms with Crippen LogP contribution in [0.4, 0.5) is 5.69 Å². The van der Waals surface area contributed by atoms with Gasteiger partial charge in [0.25, 0.3) is 0 Å². The summed E-state index contributed by atoms with van der Waals surface area (Å²) in [5.74, 6) is 1.30. The highest BCUT2D eigenvalue weighted by Crippen LogP contribution is 2.34. The van der Waals surface area contributed by atoms with Gasteiger partial charge in [0.1, 0.15) is 19.8 Å². The summed E-state index contributed by atoms with van der Waals surface area (Å²) in [6, 6.07) is 9.68. The van der Waals surface area contributed by atoms with Crippen LogP contribution in [0.25, 0.3) is 11.0 Å². The second-order valence-electron chi connectivity index (χ2n) is 6.17. The number of rotatable bonds is 3. The van der Waals surface area contributed by atoms with E-state index < -0.39 is 0 Å². The molecule has 1 amide bonds. The molecule has 2 aromatic carbocycles. The zero-order valence-corrected chi connectivity index (χ0v) is 14.2. The molecule has 1 aliphatic heterocycles. The Balaban J connectivity index is 1.59. The zero-order valence-electron chi connectivity index (χ0n) is 14.2. The van der Waals surface area contributed by atoms with Crippen LogP contribution in [0, 0.1) is 13.8 Å². The summed E-state index contributed by atoms with van der Waals surface area (Å²) in [5, 5.41) is 3.00. The van der Waals surface area contributed by atoms with Gasteiger partial charge in [-0.3, -0.25) is 4.79 Å². The maximum atomic E-state index is 12.5. The number of imidazole rings is 1. The lowest BCUT2D eigenvalue weighted by atomic mass is 10.1. The van der Waals surface area contributed by atoms with Gasteiger partial charge in [-0.15, -0.1) is 0 Å². The van der Waals surface area contributed by atoms with E-state index in [2.05, 4.69) is 10.3 Å². The largest absolute Gasteiger partial charge is 0.486 e. The minimum absolute atomic E-state index is 0.0911. The number of aryl methyl sites for hydroxylation is 2. The predicted octanol–water partition coefficient (Wildman–Crippen LogP) is 3.06. The fraction of sp³-hybridized carbons (Fsp3) is 0.263. The maximum Gasteiger partial charge on any atom is 0.244 e. The number of carbonyl (C=O) groups excluding carboxylic acids is 1. The zero-order chi connectivity index (χ0) is 17.4. The SMILES string of the molecule is Cc1cccc(C)c1NC(=O)Cn1cnc2cc3c(cc21)OCCO3. The summed E-state index contributed by atoms with van der Waals surface area (Å²) < 4.78 is 13.0. The summed E-state index contributed by atoms with van der Waals surface area (Å²) in [6.07, 6.45) is 1.67. The van der Waals surface area contributed by atoms with E-state index in [9.17, 15) is 4.79 Å². The van der Waals surface area contributed by atoms with Crippen LogP contribution in [0.2, 0.25) is 0 Å². The highest BCUT2D eigenvalue weighted by Gasteiger charge is 2.16. The minimum atomic E-state index is -0.0911. The number of nitrogens with one attached hydrogen (secondary N) is 1. The topological polar surface area (TPSA) is 65.4 Å². The number of para-hydroxylation sites is 1. The number of amides is 1. The van der Waals surface area contributed by atoms with E-state index in [1.807, 2.05) is 48.7 Å². The van der Waals surface area contributed by atoms with Crippen molar-refractivity contribution in [2.24, 2.45) is 0 Å². The molecule has 128 valence electrons. The molecule has 0 radical (unpaired) electrons. The predicted molar refractivity (Wildman–Crippen MR) is 95.3 cm³/mol. The highest BCUT2D eigenvalue weighted by atomic mass is 16.6. The molecule has 0 fully saturated rings. The van der Waals surface area contributed by atoms with Crippen molar-refractivity contribution in [2.75, 3.05) is 18.5 Å². The first-order valence-corrected chi connectivity index (χ1v) is 8.22. The van der Waals surface area contributed by atoms with E-state index in [4.69, 9.17) is 9.47 Å². The third-order valence-corrected chi connectivity index (χ3v) is 4.34. The average molecular weight is 337 g/mol. The van der Waals surface area contributed by atoms with Gasteiger partial charge in [-0.1, -0.05) is 18.2 Å². The summed E-state index contributed by atoms with van der Waals surface area (Å²) in [7, 11) is 0. The molecule has 0 saturated heterocycles. The van der Waals surface area contributed by atoms with Crippen molar-refractivity contribution in [3.05, 3.63) is 47.8 Å². The van der Waals surface area contributed by atoms with Gasteiger partial charge in [0.15, 0.2) is 11.5 Å². The van der Waals surface area contributed by atoms with Crippen molar-refractivity contribution in [1.82, 2.24) is 9.55 Å². The molecule has 1 N–H and O–H groups in total. The van der Waals surface area contributed by atoms with Crippen molar-refractivity contribution in [1.29, 1.82) is 0 Å². The number of ether oxygens (including phenoxy) is 2. The number of anilines is 1. The summed E-state index contributed by atoms with van der Waals surface area (Å²) in [6.45, 7) is 5.22. The number of hydrogen-bond acceptors (Lipinski definition) is 4. The summed E-state index contributed by atoms with van der Waals surface area (Å²) in [4.78, 5) is 16.9. The number of aromatic nitrogens is 2. The van der Waals surface area contributed by atoms with E-state index in [0.29, 0.717) is 24.7 Å². The molecule has 0 atom stereocenters. The Labute approximate surface area is 145 Å². The lowest BCUT2D eigenvalue weighted by molar-refractivity contribution is -0.116. The molecular formula is C19H19N3O3. The van der Waals surface area contributed by atoms with Gasteiger partial charge < -0.3 is 19.4 Å². The van der Waals surface area contributed by atoms with Crippen LogP contribution < -0.4 is 14.8 Å². The molecule has 6 nitrogen and oxygen atoms in total. The van der Waals surface area contributed by atoms with Crippen LogP contribution in [0.5, 0.6) is 11.5 Å². The van der Waals surface area contributed by atoms with Gasteiger partial charge in [0.05, 0.1) is 17.4 Å². The summed E-state index contributed by atoms with van der Waals surface area (Å²) in [5.41, 5.74) is 4.59. The molecule has 3 aromatic rings. The van der Waals surface area contributed by atoms with Crippen LogP contribution in [0.15, 0.2) is 36.7 Å². The van der Waals surface area contributed by atoms with Crippen LogP contribution in [0.3, 0.4) is 0 Å². The molecule has 0 unspecified atom stereocenters. The maximum absolute atomic E-state index is 12.5. The Morgan fingerprint density at radius 2 is 1.84 bits per heavy atom. The average Bonchev–Trinajstić information content (AvgIpc) is 2.98. The molecular weight excluding hydrogens is 318 g/mol. The second-order valence-corrected chi connectivity index (χ2v) is 6.17. The molecule has 0 spiro atoms. The van der Waals surface area contributed by atoms with E-state index in [-0.39, 0.29) is 12.5 Å². The summed E-state index contributed by atoms with van der Waals surface area (Å²) >= 11 is 0. The molecule has 0 saturated carbocycles. The number of fused-ring (bicyclic) bond motifs is 2. The Hall–Kier alpha value is -3.02. The number of benzene rings is 2. The van der Waals surface area contributed by atoms with Crippen LogP contribution >= 0.6 is 0 Å². The Morgan fingerprint density at radius 3 is 2.56 bits per heavy atom. The third-order valence-electron chi connectivity index (χ3n) is 4.34. The monoisotopic (exact) mass is 337 g/mol. The second kappa shape index (κ2) is 6.12. The molecule has 2 heterocycles. The normalized spacial score (nSPS) is 13.0. The highest BCUT2D eigenvalue weighted by molar-refractivity contribution is 5.93. The van der Waals surface area contributed by atoms with E-state index in [0.717, 1.165) is 27.8 Å². The third kappa shape index (κ3) is 2.91. The van der Waals surface area contributed by atoms with Gasteiger partial charge in [-0.05, 0) is 25.0 Å². The molecule has 0 bridgehead atoms. The van der Waals surface area contributed by atoms with Gasteiger partial charge >= 0.3 is 0 Å². The fourth-order valence-electron chi connectivity index (χ4n) is 3.07. The number of hydrogen-bond donors (Lipinski definition) is 1. The molecule has 6 heteroatoms. The number of nitrogens with zero attached hydrogens (tertiary/aromatic N) is 2. The standard InChI is InChI=1S/C19H19N3O3/c1-12-4-3-5-13(2)19(12)21-18(23)10-22-11-20-14-8-16-17(9-15(14)22)25-7-6-24-16/h3-5,8-9,11H,6-7,10H2,1-2H3,(H,21,23). The van der Waals surface area contributed by atoms with E-state index >= 15 is 0 Å². The molecule has 1 aromatic heterocycles. The first-order valence-electron chi connectivity index (χ1n) is 8.22. The quantitative estimate of drug-likeness (QED) is 0.798. The first kappa shape index (κ1) is 15.5. The molecule has 0 aliphatic carbocycles. The van der Waals surface area contributed by atoms with Crippen LogP contribution in [0.1, 0.15) is 11.1 Å². The lowest BCUT2D eigenvalue weighted by Crippen LogP contribution is -2.19. The van der Waals surface area contributed by atoms with Gasteiger partial charge in [-0.25, -0.2) is 4.98 Å². The molecule has 25 heavy (non-hydrogen) atoms. The lowest BCUT2D eigenvalue weighted by Gasteiger charge is -2.18.